The largest absolute Gasteiger partial charge is 0.332 e. The first-order chi connectivity index (χ1) is 4.29. The van der Waals surface area contributed by atoms with E-state index in [0.717, 1.165) is 4.85 Å². The van der Waals surface area contributed by atoms with Crippen molar-refractivity contribution in [1.29, 1.82) is 0 Å². The molecular formula is C3H4N4O2. The van der Waals surface area contributed by atoms with Crippen molar-refractivity contribution >= 4 is 5.97 Å². The number of tetrazole rings is 1. The lowest BCUT2D eigenvalue weighted by molar-refractivity contribution is -0.143. The Morgan fingerprint density at radius 2 is 2.56 bits per heavy atom. The molecule has 1 heterocycles. The second kappa shape index (κ2) is 2.21. The van der Waals surface area contributed by atoms with E-state index in [0.29, 0.717) is 0 Å². The molecule has 0 bridgehead atoms. The van der Waals surface area contributed by atoms with Gasteiger partial charge in [-0.25, -0.2) is 4.79 Å². The van der Waals surface area contributed by atoms with Gasteiger partial charge in [0.05, 0.1) is 0 Å². The van der Waals surface area contributed by atoms with E-state index in [4.69, 9.17) is 0 Å². The van der Waals surface area contributed by atoms with E-state index < -0.39 is 5.97 Å². The summed E-state index contributed by atoms with van der Waals surface area (Å²) >= 11 is 0. The molecule has 0 atom stereocenters. The van der Waals surface area contributed by atoms with Gasteiger partial charge >= 0.3 is 5.97 Å². The average molecular weight is 128 g/mol. The summed E-state index contributed by atoms with van der Waals surface area (Å²) in [5.41, 5.74) is 0. The molecule has 0 N–H and O–H groups in total. The predicted molar refractivity (Wildman–Crippen MR) is 25.1 cm³/mol. The maximum Gasteiger partial charge on any atom is 0.332 e. The van der Waals surface area contributed by atoms with Crippen LogP contribution in [0.2, 0.25) is 0 Å². The van der Waals surface area contributed by atoms with Gasteiger partial charge < -0.3 is 4.84 Å². The van der Waals surface area contributed by atoms with Crippen LogP contribution in [0.3, 0.4) is 0 Å². The summed E-state index contributed by atoms with van der Waals surface area (Å²) in [6.45, 7) is 1.27. The van der Waals surface area contributed by atoms with Gasteiger partial charge in [0.2, 0.25) is 0 Å². The molecule has 0 aliphatic carbocycles. The molecule has 1 aromatic heterocycles. The van der Waals surface area contributed by atoms with Gasteiger partial charge in [0.15, 0.2) is 6.33 Å². The maximum absolute atomic E-state index is 10.2. The van der Waals surface area contributed by atoms with Crippen LogP contribution in [0.25, 0.3) is 0 Å². The Morgan fingerprint density at radius 3 is 3.00 bits per heavy atom. The highest BCUT2D eigenvalue weighted by Gasteiger charge is 1.94. The standard InChI is InChI=1S/C3H4N4O2/c1-3(8)9-7-2-4-5-6-7/h2H,1H3. The summed E-state index contributed by atoms with van der Waals surface area (Å²) in [6.07, 6.45) is 1.18. The molecule has 0 aliphatic heterocycles. The summed E-state index contributed by atoms with van der Waals surface area (Å²) in [5, 5.41) is 9.73. The quantitative estimate of drug-likeness (QED) is 0.437. The summed E-state index contributed by atoms with van der Waals surface area (Å²) < 4.78 is 0. The lowest BCUT2D eigenvalue weighted by atomic mass is 10.8. The zero-order chi connectivity index (χ0) is 6.69. The Hall–Kier alpha value is -1.46. The summed E-state index contributed by atoms with van der Waals surface area (Å²) in [7, 11) is 0. The Bertz CT molecular complexity index is 194. The van der Waals surface area contributed by atoms with Gasteiger partial charge in [-0.05, 0) is 10.4 Å². The van der Waals surface area contributed by atoms with Gasteiger partial charge in [0.25, 0.3) is 0 Å². The number of aromatic nitrogens is 4. The molecule has 0 aromatic carbocycles. The first-order valence-electron chi connectivity index (χ1n) is 2.21. The molecule has 0 saturated heterocycles. The molecule has 0 aliphatic rings. The zero-order valence-corrected chi connectivity index (χ0v) is 4.68. The molecular weight excluding hydrogens is 124 g/mol. The van der Waals surface area contributed by atoms with Crippen molar-refractivity contribution in [1.82, 2.24) is 20.4 Å². The van der Waals surface area contributed by atoms with Crippen LogP contribution in [0.1, 0.15) is 6.92 Å². The molecule has 0 spiro atoms. The van der Waals surface area contributed by atoms with Crippen molar-refractivity contribution in [3.05, 3.63) is 6.33 Å². The highest BCUT2D eigenvalue weighted by atomic mass is 16.7. The molecule has 1 aromatic rings. The number of nitrogens with zero attached hydrogens (tertiary/aromatic N) is 4. The fourth-order valence-electron chi connectivity index (χ4n) is 0.326. The van der Waals surface area contributed by atoms with Crippen LogP contribution in [0.15, 0.2) is 6.33 Å². The molecule has 48 valence electrons. The molecule has 0 radical (unpaired) electrons. The fourth-order valence-corrected chi connectivity index (χ4v) is 0.326. The monoisotopic (exact) mass is 128 g/mol. The molecule has 6 nitrogen and oxygen atoms in total. The average Bonchev–Trinajstić information content (AvgIpc) is 2.15. The van der Waals surface area contributed by atoms with Crippen LogP contribution in [0.5, 0.6) is 0 Å². The Morgan fingerprint density at radius 1 is 1.78 bits per heavy atom. The second-order valence-corrected chi connectivity index (χ2v) is 1.30. The number of hydrogen-bond donors (Lipinski definition) is 0. The molecule has 0 unspecified atom stereocenters. The van der Waals surface area contributed by atoms with Crippen molar-refractivity contribution in [3.8, 4) is 0 Å². The highest BCUT2D eigenvalue weighted by Crippen LogP contribution is 1.69. The van der Waals surface area contributed by atoms with E-state index in [1.165, 1.54) is 13.3 Å². The van der Waals surface area contributed by atoms with E-state index in [9.17, 15) is 4.79 Å². The molecule has 0 amide bonds. The van der Waals surface area contributed by atoms with Gasteiger partial charge in [0, 0.05) is 6.92 Å². The van der Waals surface area contributed by atoms with E-state index in [-0.39, 0.29) is 0 Å². The molecule has 0 fully saturated rings. The highest BCUT2D eigenvalue weighted by molar-refractivity contribution is 5.66. The first kappa shape index (κ1) is 5.67. The van der Waals surface area contributed by atoms with Crippen molar-refractivity contribution in [3.63, 3.8) is 0 Å². The number of carbonyl (C=O) groups excluding carboxylic acids is 1. The van der Waals surface area contributed by atoms with Crippen LogP contribution in [0.4, 0.5) is 0 Å². The van der Waals surface area contributed by atoms with E-state index in [1.807, 2.05) is 0 Å². The number of hydrogen-bond acceptors (Lipinski definition) is 5. The molecule has 9 heavy (non-hydrogen) atoms. The van der Waals surface area contributed by atoms with Crippen LogP contribution >= 0.6 is 0 Å². The molecule has 0 saturated carbocycles. The van der Waals surface area contributed by atoms with Gasteiger partial charge in [-0.1, -0.05) is 4.85 Å². The van der Waals surface area contributed by atoms with Gasteiger partial charge in [-0.3, -0.25) is 0 Å². The third-order valence-corrected chi connectivity index (χ3v) is 0.552. The minimum atomic E-state index is -0.456. The van der Waals surface area contributed by atoms with Gasteiger partial charge in [-0.2, -0.15) is 0 Å². The SMILES string of the molecule is CC(=O)On1cnnn1. The van der Waals surface area contributed by atoms with Gasteiger partial charge in [-0.15, -0.1) is 5.10 Å². The summed E-state index contributed by atoms with van der Waals surface area (Å²) in [5.74, 6) is -0.456. The Balaban J connectivity index is 2.58. The third kappa shape index (κ3) is 1.48. The van der Waals surface area contributed by atoms with Crippen LogP contribution in [-0.2, 0) is 4.79 Å². The van der Waals surface area contributed by atoms with E-state index in [1.54, 1.807) is 0 Å². The first-order valence-corrected chi connectivity index (χ1v) is 2.21. The lowest BCUT2D eigenvalue weighted by Crippen LogP contribution is -2.16. The van der Waals surface area contributed by atoms with Crippen molar-refractivity contribution in [2.75, 3.05) is 0 Å². The van der Waals surface area contributed by atoms with Crippen LogP contribution in [-0.4, -0.2) is 26.3 Å². The molecule has 1 rings (SSSR count). The fraction of sp³-hybridized carbons (Fsp3) is 0.333. The summed E-state index contributed by atoms with van der Waals surface area (Å²) in [4.78, 5) is 15.4. The Kier molecular flexibility index (Phi) is 1.39. The lowest BCUT2D eigenvalue weighted by Gasteiger charge is -1.92. The minimum absolute atomic E-state index is 0.456. The van der Waals surface area contributed by atoms with Gasteiger partial charge in [0.1, 0.15) is 0 Å². The third-order valence-electron chi connectivity index (χ3n) is 0.552. The number of rotatable bonds is 1. The van der Waals surface area contributed by atoms with E-state index in [2.05, 4.69) is 20.4 Å². The van der Waals surface area contributed by atoms with E-state index >= 15 is 0 Å². The molecule has 6 heteroatoms. The van der Waals surface area contributed by atoms with Crippen LogP contribution < -0.4 is 4.84 Å². The summed E-state index contributed by atoms with van der Waals surface area (Å²) in [6, 6.07) is 0. The second-order valence-electron chi connectivity index (χ2n) is 1.30. The predicted octanol–water partition coefficient (Wildman–Crippen LogP) is -1.35. The smallest absolute Gasteiger partial charge is 0.317 e. The number of carbonyl (C=O) groups is 1. The minimum Gasteiger partial charge on any atom is -0.317 e. The topological polar surface area (TPSA) is 69.9 Å². The Labute approximate surface area is 50.4 Å². The normalized spacial score (nSPS) is 9.00. The maximum atomic E-state index is 10.2. The van der Waals surface area contributed by atoms with Crippen LogP contribution in [0, 0.1) is 0 Å². The van der Waals surface area contributed by atoms with Crippen molar-refractivity contribution in [2.45, 2.75) is 6.92 Å². The zero-order valence-electron chi connectivity index (χ0n) is 4.68. The van der Waals surface area contributed by atoms with Crippen molar-refractivity contribution < 1.29 is 9.63 Å². The van der Waals surface area contributed by atoms with Crippen molar-refractivity contribution in [2.24, 2.45) is 0 Å².